The summed E-state index contributed by atoms with van der Waals surface area (Å²) in [6, 6.07) is 2.49. The Morgan fingerprint density at radius 1 is 1.21 bits per heavy atom. The molecule has 0 bridgehead atoms. The van der Waals surface area contributed by atoms with Crippen LogP contribution in [0.1, 0.15) is 22.6 Å². The summed E-state index contributed by atoms with van der Waals surface area (Å²) in [5.74, 6) is -1.41. The second-order valence-corrected chi connectivity index (χ2v) is 5.95. The highest BCUT2D eigenvalue weighted by atomic mass is 19.1. The Hall–Kier alpha value is -3.37. The number of nitrogens with two attached hydrogens (primary N) is 1. The molecule has 1 fully saturated rings. The van der Waals surface area contributed by atoms with Crippen LogP contribution in [0.15, 0.2) is 18.3 Å². The monoisotopic (exact) mass is 394 g/mol. The van der Waals surface area contributed by atoms with E-state index in [2.05, 4.69) is 15.0 Å². The van der Waals surface area contributed by atoms with Gasteiger partial charge in [-0.1, -0.05) is 0 Å². The molecule has 0 spiro atoms. The Balaban J connectivity index is 0.000000878. The van der Waals surface area contributed by atoms with Crippen molar-refractivity contribution in [1.82, 2.24) is 19.9 Å². The lowest BCUT2D eigenvalue weighted by atomic mass is 10.3. The van der Waals surface area contributed by atoms with Crippen molar-refractivity contribution < 1.29 is 23.5 Å². The van der Waals surface area contributed by atoms with E-state index in [4.69, 9.17) is 15.6 Å². The van der Waals surface area contributed by atoms with E-state index in [1.54, 1.807) is 0 Å². The number of carbonyl (C=O) groups excluding carboxylic acids is 1. The first-order valence-corrected chi connectivity index (χ1v) is 8.40. The van der Waals surface area contributed by atoms with Gasteiger partial charge in [-0.2, -0.15) is 4.98 Å². The molecular formula is C17H20F2N6O3. The van der Waals surface area contributed by atoms with Gasteiger partial charge in [0.2, 0.25) is 5.95 Å². The van der Waals surface area contributed by atoms with Gasteiger partial charge in [-0.3, -0.25) is 9.59 Å². The molecule has 28 heavy (non-hydrogen) atoms. The minimum Gasteiger partial charge on any atom is -0.483 e. The van der Waals surface area contributed by atoms with Crippen LogP contribution in [0.2, 0.25) is 0 Å². The molecule has 1 aliphatic rings. The summed E-state index contributed by atoms with van der Waals surface area (Å²) in [5, 5.41) is 6.89. The average molecular weight is 394 g/mol. The Bertz CT molecular complexity index is 831. The van der Waals surface area contributed by atoms with E-state index >= 15 is 0 Å². The quantitative estimate of drug-likeness (QED) is 0.725. The molecule has 0 aromatic carbocycles. The highest BCUT2D eigenvalue weighted by Crippen LogP contribution is 2.17. The van der Waals surface area contributed by atoms with E-state index in [0.717, 1.165) is 11.9 Å². The molecule has 150 valence electrons. The van der Waals surface area contributed by atoms with Gasteiger partial charge < -0.3 is 20.6 Å². The molecular weight excluding hydrogens is 374 g/mol. The SMILES string of the molecule is Cc1cc(N2CCCN(C(=O)c3ncc(F)cc3F)CC2)nc(N)n1.O=CO. The van der Waals surface area contributed by atoms with Crippen molar-refractivity contribution in [3.63, 3.8) is 0 Å². The lowest BCUT2D eigenvalue weighted by Gasteiger charge is -2.23. The third-order valence-corrected chi connectivity index (χ3v) is 3.98. The number of hydrogen-bond acceptors (Lipinski definition) is 7. The van der Waals surface area contributed by atoms with E-state index in [-0.39, 0.29) is 18.1 Å². The van der Waals surface area contributed by atoms with Gasteiger partial charge in [-0.25, -0.2) is 18.7 Å². The molecule has 2 aromatic heterocycles. The predicted molar refractivity (Wildman–Crippen MR) is 96.8 cm³/mol. The van der Waals surface area contributed by atoms with Crippen molar-refractivity contribution >= 4 is 24.1 Å². The molecule has 1 saturated heterocycles. The summed E-state index contributed by atoms with van der Waals surface area (Å²) in [6.07, 6.45) is 1.52. The van der Waals surface area contributed by atoms with Crippen LogP contribution in [-0.4, -0.2) is 63.5 Å². The molecule has 0 radical (unpaired) electrons. The van der Waals surface area contributed by atoms with Gasteiger partial charge >= 0.3 is 0 Å². The fourth-order valence-electron chi connectivity index (χ4n) is 2.81. The van der Waals surface area contributed by atoms with Crippen LogP contribution in [0.5, 0.6) is 0 Å². The zero-order chi connectivity index (χ0) is 20.7. The average Bonchev–Trinajstić information content (AvgIpc) is 2.87. The van der Waals surface area contributed by atoms with Crippen molar-refractivity contribution in [2.75, 3.05) is 36.8 Å². The van der Waals surface area contributed by atoms with Crippen molar-refractivity contribution in [1.29, 1.82) is 0 Å². The second kappa shape index (κ2) is 9.53. The fraction of sp³-hybridized carbons (Fsp3) is 0.353. The van der Waals surface area contributed by atoms with Gasteiger partial charge in [-0.15, -0.1) is 0 Å². The number of aryl methyl sites for hydroxylation is 1. The zero-order valence-electron chi connectivity index (χ0n) is 15.2. The number of amides is 1. The molecule has 3 N–H and O–H groups in total. The van der Waals surface area contributed by atoms with E-state index < -0.39 is 17.5 Å². The maximum absolute atomic E-state index is 13.8. The van der Waals surface area contributed by atoms with Crippen LogP contribution in [0.25, 0.3) is 0 Å². The van der Waals surface area contributed by atoms with Crippen LogP contribution >= 0.6 is 0 Å². The molecule has 3 heterocycles. The zero-order valence-corrected chi connectivity index (χ0v) is 15.2. The number of nitrogen functional groups attached to an aromatic ring is 1. The van der Waals surface area contributed by atoms with Gasteiger partial charge in [0.1, 0.15) is 11.6 Å². The maximum atomic E-state index is 13.8. The first-order valence-electron chi connectivity index (χ1n) is 8.40. The number of anilines is 2. The van der Waals surface area contributed by atoms with Crippen LogP contribution < -0.4 is 10.6 Å². The molecule has 0 atom stereocenters. The van der Waals surface area contributed by atoms with E-state index in [0.29, 0.717) is 44.5 Å². The molecule has 1 amide bonds. The summed E-state index contributed by atoms with van der Waals surface area (Å²) in [7, 11) is 0. The summed E-state index contributed by atoms with van der Waals surface area (Å²) >= 11 is 0. The first-order chi connectivity index (χ1) is 13.3. The van der Waals surface area contributed by atoms with Crippen LogP contribution in [0, 0.1) is 18.6 Å². The number of rotatable bonds is 2. The highest BCUT2D eigenvalue weighted by molar-refractivity contribution is 5.92. The number of nitrogens with zero attached hydrogens (tertiary/aromatic N) is 5. The highest BCUT2D eigenvalue weighted by Gasteiger charge is 2.24. The Kier molecular flexibility index (Phi) is 7.13. The summed E-state index contributed by atoms with van der Waals surface area (Å²) < 4.78 is 26.8. The number of hydrogen-bond donors (Lipinski definition) is 2. The van der Waals surface area contributed by atoms with Crippen LogP contribution in [-0.2, 0) is 4.79 Å². The molecule has 9 nitrogen and oxygen atoms in total. The minimum atomic E-state index is -0.953. The van der Waals surface area contributed by atoms with Crippen LogP contribution in [0.4, 0.5) is 20.5 Å². The van der Waals surface area contributed by atoms with E-state index in [1.807, 2.05) is 17.9 Å². The molecule has 3 rings (SSSR count). The summed E-state index contributed by atoms with van der Waals surface area (Å²) in [6.45, 7) is 3.61. The first kappa shape index (κ1) is 20.9. The minimum absolute atomic E-state index is 0.199. The predicted octanol–water partition coefficient (Wildman–Crippen LogP) is 1.09. The van der Waals surface area contributed by atoms with E-state index in [9.17, 15) is 13.6 Å². The van der Waals surface area contributed by atoms with Gasteiger partial charge in [0, 0.05) is 44.0 Å². The van der Waals surface area contributed by atoms with Crippen molar-refractivity contribution in [3.8, 4) is 0 Å². The van der Waals surface area contributed by atoms with Gasteiger partial charge in [0.05, 0.1) is 6.20 Å². The van der Waals surface area contributed by atoms with Gasteiger partial charge in [0.15, 0.2) is 11.5 Å². The van der Waals surface area contributed by atoms with Crippen molar-refractivity contribution in [3.05, 3.63) is 41.4 Å². The second-order valence-electron chi connectivity index (χ2n) is 5.95. The molecule has 11 heteroatoms. The number of aromatic nitrogens is 3. The van der Waals surface area contributed by atoms with Gasteiger partial charge in [0.25, 0.3) is 12.4 Å². The van der Waals surface area contributed by atoms with Crippen LogP contribution in [0.3, 0.4) is 0 Å². The molecule has 2 aromatic rings. The Labute approximate surface area is 159 Å². The van der Waals surface area contributed by atoms with E-state index in [1.165, 1.54) is 4.90 Å². The smallest absolute Gasteiger partial charge is 0.290 e. The molecule has 0 unspecified atom stereocenters. The normalized spacial score (nSPS) is 14.0. The van der Waals surface area contributed by atoms with Crippen molar-refractivity contribution in [2.45, 2.75) is 13.3 Å². The fourth-order valence-corrected chi connectivity index (χ4v) is 2.81. The topological polar surface area (TPSA) is 126 Å². The summed E-state index contributed by atoms with van der Waals surface area (Å²) in [5.41, 5.74) is 6.09. The third-order valence-electron chi connectivity index (χ3n) is 3.98. The standard InChI is InChI=1S/C16H18F2N6O.CH2O2/c1-10-7-13(22-16(19)21-10)23-3-2-4-24(6-5-23)15(25)14-12(18)8-11(17)9-20-14;2-1-3/h7-9H,2-6H2,1H3,(H2,19,21,22);1H,(H,2,3). The molecule has 0 saturated carbocycles. The van der Waals surface area contributed by atoms with Gasteiger partial charge in [-0.05, 0) is 13.3 Å². The number of carbonyl (C=O) groups is 2. The number of halogens is 2. The molecule has 0 aliphatic carbocycles. The Morgan fingerprint density at radius 3 is 2.57 bits per heavy atom. The summed E-state index contributed by atoms with van der Waals surface area (Å²) in [4.78, 5) is 36.2. The largest absolute Gasteiger partial charge is 0.483 e. The lowest BCUT2D eigenvalue weighted by molar-refractivity contribution is -0.122. The number of carboxylic acid groups (broad SMARTS) is 1. The third kappa shape index (κ3) is 5.32. The maximum Gasteiger partial charge on any atom is 0.290 e. The van der Waals surface area contributed by atoms with Crippen molar-refractivity contribution in [2.24, 2.45) is 0 Å². The number of pyridine rings is 1. The molecule has 1 aliphatic heterocycles. The Morgan fingerprint density at radius 2 is 1.93 bits per heavy atom. The lowest BCUT2D eigenvalue weighted by Crippen LogP contribution is -2.36.